The maximum Gasteiger partial charge on any atom is 0.174 e. The van der Waals surface area contributed by atoms with Gasteiger partial charge in [0.1, 0.15) is 0 Å². The standard InChI is InChI=1S/C16H15N5O/c17-9-11-7-13(4-5-14(11)19)20-16-8-15(22-21-16)10-2-1-3-12(18)6-10/h1-9,17H,18-19H2,(H,20,21). The van der Waals surface area contributed by atoms with Crippen molar-refractivity contribution in [3.63, 3.8) is 0 Å². The van der Waals surface area contributed by atoms with E-state index in [0.717, 1.165) is 11.3 Å². The van der Waals surface area contributed by atoms with Crippen molar-refractivity contribution in [3.05, 3.63) is 54.1 Å². The van der Waals surface area contributed by atoms with Gasteiger partial charge in [0.05, 0.1) is 0 Å². The van der Waals surface area contributed by atoms with Gasteiger partial charge < -0.3 is 26.7 Å². The number of benzene rings is 2. The molecular formula is C16H15N5O. The van der Waals surface area contributed by atoms with Crippen molar-refractivity contribution in [3.8, 4) is 11.3 Å². The monoisotopic (exact) mass is 293 g/mol. The summed E-state index contributed by atoms with van der Waals surface area (Å²) < 4.78 is 5.32. The third-order valence-corrected chi connectivity index (χ3v) is 3.20. The number of hydrogen-bond acceptors (Lipinski definition) is 6. The molecule has 0 radical (unpaired) electrons. The molecule has 0 aliphatic carbocycles. The summed E-state index contributed by atoms with van der Waals surface area (Å²) in [6, 6.07) is 14.5. The predicted molar refractivity (Wildman–Crippen MR) is 88.4 cm³/mol. The average Bonchev–Trinajstić information content (AvgIpc) is 2.98. The highest BCUT2D eigenvalue weighted by Gasteiger charge is 2.08. The molecule has 0 bridgehead atoms. The third kappa shape index (κ3) is 2.76. The second-order valence-corrected chi connectivity index (χ2v) is 4.81. The summed E-state index contributed by atoms with van der Waals surface area (Å²) in [6.07, 6.45) is 1.21. The summed E-state index contributed by atoms with van der Waals surface area (Å²) in [5, 5.41) is 14.4. The smallest absolute Gasteiger partial charge is 0.174 e. The fourth-order valence-electron chi connectivity index (χ4n) is 2.09. The molecule has 22 heavy (non-hydrogen) atoms. The van der Waals surface area contributed by atoms with Gasteiger partial charge in [-0.25, -0.2) is 0 Å². The lowest BCUT2D eigenvalue weighted by molar-refractivity contribution is 0.435. The molecule has 2 aromatic carbocycles. The van der Waals surface area contributed by atoms with Crippen LogP contribution in [0.25, 0.3) is 11.3 Å². The minimum atomic E-state index is 0.557. The molecular weight excluding hydrogens is 278 g/mol. The Hall–Kier alpha value is -3.28. The van der Waals surface area contributed by atoms with Crippen LogP contribution in [0.3, 0.4) is 0 Å². The minimum absolute atomic E-state index is 0.557. The molecule has 0 unspecified atom stereocenters. The van der Waals surface area contributed by atoms with Gasteiger partial charge in [0.25, 0.3) is 0 Å². The number of nitrogen functional groups attached to an aromatic ring is 2. The molecule has 3 aromatic rings. The fraction of sp³-hybridized carbons (Fsp3) is 0. The molecule has 1 heterocycles. The second kappa shape index (κ2) is 5.61. The molecule has 110 valence electrons. The number of aromatic nitrogens is 1. The van der Waals surface area contributed by atoms with Crippen molar-refractivity contribution >= 4 is 29.1 Å². The Bertz CT molecular complexity index is 825. The van der Waals surface area contributed by atoms with E-state index in [2.05, 4.69) is 10.5 Å². The SMILES string of the molecule is N=Cc1cc(Nc2cc(-c3cccc(N)c3)on2)ccc1N. The van der Waals surface area contributed by atoms with E-state index in [1.54, 1.807) is 18.2 Å². The molecule has 0 amide bonds. The van der Waals surface area contributed by atoms with Gasteiger partial charge in [0, 0.05) is 40.5 Å². The van der Waals surface area contributed by atoms with Crippen molar-refractivity contribution in [1.82, 2.24) is 5.16 Å². The van der Waals surface area contributed by atoms with E-state index < -0.39 is 0 Å². The van der Waals surface area contributed by atoms with E-state index >= 15 is 0 Å². The number of nitrogens with two attached hydrogens (primary N) is 2. The zero-order chi connectivity index (χ0) is 15.5. The van der Waals surface area contributed by atoms with Crippen LogP contribution >= 0.6 is 0 Å². The maximum atomic E-state index is 7.32. The van der Waals surface area contributed by atoms with Crippen LogP contribution in [0.15, 0.2) is 53.1 Å². The van der Waals surface area contributed by atoms with Crippen molar-refractivity contribution in [1.29, 1.82) is 5.41 Å². The summed E-state index contributed by atoms with van der Waals surface area (Å²) in [7, 11) is 0. The van der Waals surface area contributed by atoms with E-state index in [0.29, 0.717) is 28.5 Å². The zero-order valence-electron chi connectivity index (χ0n) is 11.7. The first-order valence-corrected chi connectivity index (χ1v) is 6.65. The second-order valence-electron chi connectivity index (χ2n) is 4.81. The van der Waals surface area contributed by atoms with E-state index in [-0.39, 0.29) is 0 Å². The van der Waals surface area contributed by atoms with Gasteiger partial charge in [-0.2, -0.15) is 0 Å². The van der Waals surface area contributed by atoms with E-state index in [4.69, 9.17) is 21.4 Å². The molecule has 0 saturated heterocycles. The van der Waals surface area contributed by atoms with Crippen LogP contribution in [0.5, 0.6) is 0 Å². The molecule has 0 saturated carbocycles. The molecule has 1 aromatic heterocycles. The van der Waals surface area contributed by atoms with Gasteiger partial charge in [-0.3, -0.25) is 0 Å². The minimum Gasteiger partial charge on any atom is -0.399 e. The third-order valence-electron chi connectivity index (χ3n) is 3.20. The topological polar surface area (TPSA) is 114 Å². The van der Waals surface area contributed by atoms with Gasteiger partial charge in [-0.1, -0.05) is 17.3 Å². The zero-order valence-corrected chi connectivity index (χ0v) is 11.7. The summed E-state index contributed by atoms with van der Waals surface area (Å²) in [5.74, 6) is 1.19. The lowest BCUT2D eigenvalue weighted by Gasteiger charge is -2.05. The Kier molecular flexibility index (Phi) is 3.49. The van der Waals surface area contributed by atoms with Crippen molar-refractivity contribution in [2.24, 2.45) is 0 Å². The summed E-state index contributed by atoms with van der Waals surface area (Å²) in [4.78, 5) is 0. The van der Waals surface area contributed by atoms with Crippen molar-refractivity contribution < 1.29 is 4.52 Å². The summed E-state index contributed by atoms with van der Waals surface area (Å²) in [6.45, 7) is 0. The fourth-order valence-corrected chi connectivity index (χ4v) is 2.09. The van der Waals surface area contributed by atoms with Crippen LogP contribution in [0.4, 0.5) is 22.9 Å². The molecule has 6 N–H and O–H groups in total. The molecule has 0 aliphatic rings. The van der Waals surface area contributed by atoms with E-state index in [1.807, 2.05) is 30.3 Å². The highest BCUT2D eigenvalue weighted by molar-refractivity contribution is 5.87. The van der Waals surface area contributed by atoms with Crippen LogP contribution < -0.4 is 16.8 Å². The molecule has 0 aliphatic heterocycles. The molecule has 6 heteroatoms. The van der Waals surface area contributed by atoms with Crippen molar-refractivity contribution in [2.45, 2.75) is 0 Å². The first-order valence-electron chi connectivity index (χ1n) is 6.65. The number of rotatable bonds is 4. The predicted octanol–water partition coefficient (Wildman–Crippen LogP) is 3.25. The van der Waals surface area contributed by atoms with Crippen LogP contribution in [0.2, 0.25) is 0 Å². The average molecular weight is 293 g/mol. The molecule has 0 spiro atoms. The number of nitrogens with one attached hydrogen (secondary N) is 2. The Morgan fingerprint density at radius 1 is 1.09 bits per heavy atom. The Morgan fingerprint density at radius 3 is 2.73 bits per heavy atom. The Morgan fingerprint density at radius 2 is 1.95 bits per heavy atom. The highest BCUT2D eigenvalue weighted by Crippen LogP contribution is 2.26. The van der Waals surface area contributed by atoms with Crippen molar-refractivity contribution in [2.75, 3.05) is 16.8 Å². The van der Waals surface area contributed by atoms with Crippen LogP contribution in [-0.2, 0) is 0 Å². The Balaban J connectivity index is 1.84. The summed E-state index contributed by atoms with van der Waals surface area (Å²) in [5.41, 5.74) is 15.0. The van der Waals surface area contributed by atoms with Gasteiger partial charge in [-0.15, -0.1) is 0 Å². The van der Waals surface area contributed by atoms with Gasteiger partial charge in [0.15, 0.2) is 11.6 Å². The number of hydrogen-bond donors (Lipinski definition) is 4. The lowest BCUT2D eigenvalue weighted by atomic mass is 10.1. The van der Waals surface area contributed by atoms with Crippen LogP contribution in [0.1, 0.15) is 5.56 Å². The highest BCUT2D eigenvalue weighted by atomic mass is 16.5. The normalized spacial score (nSPS) is 10.4. The lowest BCUT2D eigenvalue weighted by Crippen LogP contribution is -1.96. The first-order chi connectivity index (χ1) is 10.7. The first kappa shape index (κ1) is 13.7. The largest absolute Gasteiger partial charge is 0.399 e. The quantitative estimate of drug-likeness (QED) is 0.435. The Labute approximate surface area is 127 Å². The maximum absolute atomic E-state index is 7.32. The molecule has 3 rings (SSSR count). The number of nitrogens with zero attached hydrogens (tertiary/aromatic N) is 1. The van der Waals surface area contributed by atoms with Gasteiger partial charge in [0.2, 0.25) is 0 Å². The molecule has 0 atom stereocenters. The molecule has 0 fully saturated rings. The number of anilines is 4. The van der Waals surface area contributed by atoms with Gasteiger partial charge in [-0.05, 0) is 30.3 Å². The van der Waals surface area contributed by atoms with E-state index in [9.17, 15) is 0 Å². The van der Waals surface area contributed by atoms with Crippen LogP contribution in [0, 0.1) is 5.41 Å². The molecule has 6 nitrogen and oxygen atoms in total. The van der Waals surface area contributed by atoms with Crippen LogP contribution in [-0.4, -0.2) is 11.4 Å². The van der Waals surface area contributed by atoms with E-state index in [1.165, 1.54) is 6.21 Å². The van der Waals surface area contributed by atoms with Gasteiger partial charge >= 0.3 is 0 Å². The summed E-state index contributed by atoms with van der Waals surface area (Å²) >= 11 is 0.